The zero-order chi connectivity index (χ0) is 41.2. The van der Waals surface area contributed by atoms with Crippen molar-refractivity contribution < 1.29 is 4.42 Å². The highest BCUT2D eigenvalue weighted by Gasteiger charge is 2.25. The molecule has 14 rings (SSSR count). The van der Waals surface area contributed by atoms with Crippen molar-refractivity contribution in [3.63, 3.8) is 0 Å². The predicted molar refractivity (Wildman–Crippen MR) is 263 cm³/mol. The summed E-state index contributed by atoms with van der Waals surface area (Å²) in [5.41, 5.74) is 7.57. The van der Waals surface area contributed by atoms with Gasteiger partial charge in [-0.1, -0.05) is 146 Å². The molecule has 10 aromatic carbocycles. The minimum Gasteiger partial charge on any atom is -0.454 e. The molecular weight excluding hydrogens is 789 g/mol. The van der Waals surface area contributed by atoms with Gasteiger partial charge in [0.15, 0.2) is 23.1 Å². The largest absolute Gasteiger partial charge is 0.454 e. The third-order valence-corrected chi connectivity index (χ3v) is 13.9. The molecule has 0 fully saturated rings. The number of hydrogen-bond acceptors (Lipinski definition) is 5. The maximum absolute atomic E-state index is 7.05. The lowest BCUT2D eigenvalue weighted by molar-refractivity contribution is 0.666. The van der Waals surface area contributed by atoms with Gasteiger partial charge in [0.2, 0.25) is 0 Å². The maximum Gasteiger partial charge on any atom is 0.164 e. The molecule has 6 heteroatoms. The summed E-state index contributed by atoms with van der Waals surface area (Å²) in [6, 6.07) is 69.1. The van der Waals surface area contributed by atoms with Crippen molar-refractivity contribution in [2.75, 3.05) is 0 Å². The van der Waals surface area contributed by atoms with Gasteiger partial charge in [0, 0.05) is 63.8 Å². The molecular formula is C57H32N4OS. The third kappa shape index (κ3) is 5.13. The first kappa shape index (κ1) is 34.5. The summed E-state index contributed by atoms with van der Waals surface area (Å²) >= 11 is 1.79. The van der Waals surface area contributed by atoms with Crippen LogP contribution in [0.15, 0.2) is 199 Å². The van der Waals surface area contributed by atoms with Gasteiger partial charge in [0.25, 0.3) is 0 Å². The Kier molecular flexibility index (Phi) is 7.21. The number of hydrogen-bond donors (Lipinski definition) is 0. The molecule has 0 aliphatic heterocycles. The van der Waals surface area contributed by atoms with Crippen molar-refractivity contribution in [3.05, 3.63) is 194 Å². The van der Waals surface area contributed by atoms with Gasteiger partial charge in [-0.05, 0) is 75.5 Å². The molecule has 0 bridgehead atoms. The Bertz CT molecular complexity index is 4230. The zero-order valence-corrected chi connectivity index (χ0v) is 34.4. The summed E-state index contributed by atoms with van der Waals surface area (Å²) in [6.45, 7) is 0. The zero-order valence-electron chi connectivity index (χ0n) is 33.6. The summed E-state index contributed by atoms with van der Waals surface area (Å²) in [4.78, 5) is 16.1. The summed E-state index contributed by atoms with van der Waals surface area (Å²) in [5, 5.41) is 13.7. The Morgan fingerprint density at radius 1 is 0.397 bits per heavy atom. The maximum atomic E-state index is 7.05. The fourth-order valence-corrected chi connectivity index (χ4v) is 11.1. The van der Waals surface area contributed by atoms with Crippen molar-refractivity contribution in [1.82, 2.24) is 19.5 Å². The van der Waals surface area contributed by atoms with Gasteiger partial charge in [-0.25, -0.2) is 15.0 Å². The van der Waals surface area contributed by atoms with Gasteiger partial charge in [-0.3, -0.25) is 0 Å². The summed E-state index contributed by atoms with van der Waals surface area (Å²) < 4.78 is 11.9. The molecule has 14 aromatic rings. The standard InChI is InChI=1S/C57H32N4OS/c1-2-14-35-30-38(25-24-33(35)12-1)55-58-56(43-20-11-23-50-51(43)42-19-8-10-22-49(42)63-50)60-57(59-55)44-28-29-46(54-52(44)41-18-7-9-21-48(41)62-54)61-47-32-37-16-4-3-15-36(37)31-45(47)40-27-26-34-13-5-6-17-39(34)53(40)61/h1-32H. The first-order valence-electron chi connectivity index (χ1n) is 21.2. The number of rotatable bonds is 4. The van der Waals surface area contributed by atoms with E-state index >= 15 is 0 Å². The summed E-state index contributed by atoms with van der Waals surface area (Å²) in [7, 11) is 0. The second-order valence-electron chi connectivity index (χ2n) is 16.3. The van der Waals surface area contributed by atoms with Crippen LogP contribution in [0.2, 0.25) is 0 Å². The van der Waals surface area contributed by atoms with E-state index in [4.69, 9.17) is 19.4 Å². The molecule has 0 radical (unpaired) electrons. The lowest BCUT2D eigenvalue weighted by Gasteiger charge is -2.14. The molecule has 0 saturated heterocycles. The van der Waals surface area contributed by atoms with Gasteiger partial charge in [0.05, 0.1) is 16.7 Å². The van der Waals surface area contributed by atoms with Crippen LogP contribution < -0.4 is 0 Å². The van der Waals surface area contributed by atoms with Crippen LogP contribution in [0.1, 0.15) is 0 Å². The van der Waals surface area contributed by atoms with Crippen molar-refractivity contribution in [1.29, 1.82) is 0 Å². The second kappa shape index (κ2) is 13.2. The number of furan rings is 1. The SMILES string of the molecule is c1ccc2cc(-c3nc(-c4cccc5sc6ccccc6c45)nc(-c4ccc(-n5c6cc7ccccc7cc6c6ccc7ccccc7c65)c5oc6ccccc6c45)n3)ccc2c1. The van der Waals surface area contributed by atoms with Crippen molar-refractivity contribution in [2.24, 2.45) is 0 Å². The monoisotopic (exact) mass is 820 g/mol. The van der Waals surface area contributed by atoms with Gasteiger partial charge < -0.3 is 8.98 Å². The molecule has 0 atom stereocenters. The van der Waals surface area contributed by atoms with Crippen molar-refractivity contribution in [3.8, 4) is 39.9 Å². The Labute approximate surface area is 363 Å². The quantitative estimate of drug-likeness (QED) is 0.177. The van der Waals surface area contributed by atoms with Gasteiger partial charge >= 0.3 is 0 Å². The van der Waals surface area contributed by atoms with Gasteiger partial charge in [-0.2, -0.15) is 0 Å². The van der Waals surface area contributed by atoms with Crippen LogP contribution in [0.25, 0.3) is 136 Å². The highest BCUT2D eigenvalue weighted by molar-refractivity contribution is 7.25. The molecule has 0 spiro atoms. The Hall–Kier alpha value is -8.19. The van der Waals surface area contributed by atoms with E-state index in [2.05, 4.69) is 193 Å². The number of fused-ring (bicyclic) bond motifs is 13. The first-order valence-corrected chi connectivity index (χ1v) is 22.0. The van der Waals surface area contributed by atoms with Gasteiger partial charge in [-0.15, -0.1) is 11.3 Å². The molecule has 5 nitrogen and oxygen atoms in total. The molecule has 0 aliphatic carbocycles. The number of nitrogens with zero attached hydrogens (tertiary/aromatic N) is 4. The summed E-state index contributed by atoms with van der Waals surface area (Å²) in [5.74, 6) is 1.83. The van der Waals surface area contributed by atoms with Crippen LogP contribution in [0.3, 0.4) is 0 Å². The first-order chi connectivity index (χ1) is 31.2. The molecule has 0 N–H and O–H groups in total. The lowest BCUT2D eigenvalue weighted by Crippen LogP contribution is -2.02. The van der Waals surface area contributed by atoms with Crippen LogP contribution in [-0.2, 0) is 0 Å². The van der Waals surface area contributed by atoms with Crippen LogP contribution in [0.5, 0.6) is 0 Å². The van der Waals surface area contributed by atoms with E-state index in [1.807, 2.05) is 6.07 Å². The normalized spacial score (nSPS) is 12.1. The number of para-hydroxylation sites is 1. The highest BCUT2D eigenvalue weighted by atomic mass is 32.1. The number of thiophene rings is 1. The molecule has 0 unspecified atom stereocenters. The van der Waals surface area contributed by atoms with Crippen LogP contribution in [-0.4, -0.2) is 19.5 Å². The van der Waals surface area contributed by atoms with E-state index in [-0.39, 0.29) is 0 Å². The molecule has 0 amide bonds. The van der Waals surface area contributed by atoms with E-state index in [0.717, 1.165) is 66.1 Å². The van der Waals surface area contributed by atoms with E-state index in [1.165, 1.54) is 52.5 Å². The third-order valence-electron chi connectivity index (χ3n) is 12.8. The predicted octanol–water partition coefficient (Wildman–Crippen LogP) is 15.7. The average Bonchev–Trinajstić information content (AvgIpc) is 4.03. The Morgan fingerprint density at radius 2 is 1.03 bits per heavy atom. The van der Waals surface area contributed by atoms with Crippen LogP contribution in [0, 0.1) is 0 Å². The van der Waals surface area contributed by atoms with Crippen LogP contribution in [0.4, 0.5) is 0 Å². The fraction of sp³-hybridized carbons (Fsp3) is 0. The lowest BCUT2D eigenvalue weighted by atomic mass is 10.0. The molecule has 63 heavy (non-hydrogen) atoms. The van der Waals surface area contributed by atoms with E-state index in [1.54, 1.807) is 11.3 Å². The van der Waals surface area contributed by atoms with Crippen molar-refractivity contribution >= 4 is 108 Å². The smallest absolute Gasteiger partial charge is 0.164 e. The van der Waals surface area contributed by atoms with Crippen molar-refractivity contribution in [2.45, 2.75) is 0 Å². The number of aromatic nitrogens is 4. The molecule has 0 saturated carbocycles. The highest BCUT2D eigenvalue weighted by Crippen LogP contribution is 2.45. The second-order valence-corrected chi connectivity index (χ2v) is 17.4. The minimum absolute atomic E-state index is 0.585. The average molecular weight is 821 g/mol. The minimum atomic E-state index is 0.585. The van der Waals surface area contributed by atoms with E-state index < -0.39 is 0 Å². The molecule has 4 aromatic heterocycles. The number of benzene rings is 10. The Balaban J connectivity index is 1.09. The fourth-order valence-electron chi connectivity index (χ4n) is 9.93. The van der Waals surface area contributed by atoms with E-state index in [0.29, 0.717) is 17.5 Å². The topological polar surface area (TPSA) is 56.7 Å². The van der Waals surface area contributed by atoms with Crippen LogP contribution >= 0.6 is 11.3 Å². The molecule has 4 heterocycles. The van der Waals surface area contributed by atoms with E-state index in [9.17, 15) is 0 Å². The summed E-state index contributed by atoms with van der Waals surface area (Å²) in [6.07, 6.45) is 0. The molecule has 292 valence electrons. The Morgan fingerprint density at radius 3 is 1.87 bits per heavy atom. The van der Waals surface area contributed by atoms with Gasteiger partial charge in [0.1, 0.15) is 5.58 Å². The molecule has 0 aliphatic rings.